The summed E-state index contributed by atoms with van der Waals surface area (Å²) in [6.07, 6.45) is 2.24. The lowest BCUT2D eigenvalue weighted by molar-refractivity contribution is 0.0737. The van der Waals surface area contributed by atoms with Crippen LogP contribution in [-0.2, 0) is 19.6 Å². The first-order valence-corrected chi connectivity index (χ1v) is 11.2. The number of amides is 1. The van der Waals surface area contributed by atoms with Gasteiger partial charge in [0.2, 0.25) is 0 Å². The number of anilines is 1. The minimum atomic E-state index is 0.0128. The van der Waals surface area contributed by atoms with E-state index in [0.29, 0.717) is 31.1 Å². The molecule has 7 nitrogen and oxygen atoms in total. The predicted octanol–water partition coefficient (Wildman–Crippen LogP) is 3.82. The van der Waals surface area contributed by atoms with Gasteiger partial charge >= 0.3 is 0 Å². The number of hydrogen-bond acceptors (Lipinski definition) is 8. The molecule has 0 radical (unpaired) electrons. The molecule has 152 valence electrons. The second kappa shape index (κ2) is 7.66. The van der Waals surface area contributed by atoms with Gasteiger partial charge in [0.15, 0.2) is 0 Å². The number of fused-ring (bicyclic) bond motifs is 3. The molecule has 5 rings (SSSR count). The van der Waals surface area contributed by atoms with Crippen molar-refractivity contribution in [3.05, 3.63) is 62.7 Å². The molecule has 1 aromatic carbocycles. The van der Waals surface area contributed by atoms with Gasteiger partial charge in [0.05, 0.1) is 22.6 Å². The number of carbonyl (C=O) groups is 1. The highest BCUT2D eigenvalue weighted by Gasteiger charge is 2.26. The highest BCUT2D eigenvalue weighted by Crippen LogP contribution is 2.36. The van der Waals surface area contributed by atoms with E-state index in [2.05, 4.69) is 15.0 Å². The number of ether oxygens (including phenoxy) is 1. The lowest BCUT2D eigenvalue weighted by Crippen LogP contribution is -2.35. The van der Waals surface area contributed by atoms with Crippen molar-refractivity contribution in [3.8, 4) is 5.75 Å². The van der Waals surface area contributed by atoms with E-state index in [1.54, 1.807) is 22.7 Å². The number of thiazole rings is 1. The Hall–Kier alpha value is -3.04. The molecule has 1 aliphatic heterocycles. The Morgan fingerprint density at radius 3 is 2.87 bits per heavy atom. The number of nitrogens with two attached hydrogens (primary N) is 1. The Bertz CT molecular complexity index is 1230. The van der Waals surface area contributed by atoms with Crippen molar-refractivity contribution >= 4 is 44.6 Å². The summed E-state index contributed by atoms with van der Waals surface area (Å²) in [6.45, 7) is 3.60. The second-order valence-corrected chi connectivity index (χ2v) is 9.24. The van der Waals surface area contributed by atoms with Crippen LogP contribution in [0.1, 0.15) is 31.5 Å². The molecule has 1 aliphatic rings. The maximum atomic E-state index is 13.0. The van der Waals surface area contributed by atoms with Crippen LogP contribution in [0.25, 0.3) is 10.2 Å². The van der Waals surface area contributed by atoms with E-state index in [9.17, 15) is 4.79 Å². The molecule has 4 aromatic rings. The van der Waals surface area contributed by atoms with E-state index >= 15 is 0 Å². The second-order valence-electron chi connectivity index (χ2n) is 7.09. The molecule has 30 heavy (non-hydrogen) atoms. The molecule has 9 heteroatoms. The molecule has 0 bridgehead atoms. The molecule has 2 N–H and O–H groups in total. The molecule has 0 saturated carbocycles. The molecule has 4 heterocycles. The van der Waals surface area contributed by atoms with Crippen LogP contribution in [0.3, 0.4) is 0 Å². The summed E-state index contributed by atoms with van der Waals surface area (Å²) in [4.78, 5) is 29.7. The number of hydrogen-bond donors (Lipinski definition) is 1. The van der Waals surface area contributed by atoms with E-state index < -0.39 is 0 Å². The van der Waals surface area contributed by atoms with Gasteiger partial charge in [0.1, 0.15) is 29.3 Å². The molecule has 0 spiro atoms. The maximum Gasteiger partial charge on any atom is 0.254 e. The number of thiophene rings is 1. The minimum Gasteiger partial charge on any atom is -0.487 e. The average Bonchev–Trinajstić information content (AvgIpc) is 3.35. The van der Waals surface area contributed by atoms with E-state index in [1.807, 2.05) is 41.5 Å². The maximum absolute atomic E-state index is 13.0. The van der Waals surface area contributed by atoms with Crippen LogP contribution in [0, 0.1) is 6.92 Å². The summed E-state index contributed by atoms with van der Waals surface area (Å²) in [6, 6.07) is 7.29. The zero-order valence-electron chi connectivity index (χ0n) is 16.3. The van der Waals surface area contributed by atoms with Crippen molar-refractivity contribution in [1.29, 1.82) is 0 Å². The van der Waals surface area contributed by atoms with Crippen molar-refractivity contribution in [1.82, 2.24) is 19.9 Å². The van der Waals surface area contributed by atoms with Gasteiger partial charge < -0.3 is 15.4 Å². The van der Waals surface area contributed by atoms with E-state index in [-0.39, 0.29) is 5.91 Å². The summed E-state index contributed by atoms with van der Waals surface area (Å²) in [5.74, 6) is 1.25. The molecule has 0 atom stereocenters. The Kier molecular flexibility index (Phi) is 4.84. The number of aromatic nitrogens is 3. The summed E-state index contributed by atoms with van der Waals surface area (Å²) in [5.41, 5.74) is 8.79. The molecular formula is C21H19N5O2S2. The fraction of sp³-hybridized carbons (Fsp3) is 0.238. The topological polar surface area (TPSA) is 94.2 Å². The number of nitrogens with zero attached hydrogens (tertiary/aromatic N) is 4. The minimum absolute atomic E-state index is 0.0128. The largest absolute Gasteiger partial charge is 0.487 e. The van der Waals surface area contributed by atoms with Crippen molar-refractivity contribution < 1.29 is 9.53 Å². The smallest absolute Gasteiger partial charge is 0.254 e. The standard InChI is InChI=1S/C21H19N5O2S2/c1-12-25-14(10-29-12)9-28-15-4-2-13(3-5-15)21(27)26-7-6-16-17(8-26)30-20-18(16)19(22)23-11-24-20/h2-5,10-11H,6-9H2,1H3,(H2,22,23,24). The van der Waals surface area contributed by atoms with Gasteiger partial charge in [0.25, 0.3) is 5.91 Å². The highest BCUT2D eigenvalue weighted by atomic mass is 32.1. The van der Waals surface area contributed by atoms with Gasteiger partial charge in [-0.25, -0.2) is 15.0 Å². The molecular weight excluding hydrogens is 418 g/mol. The fourth-order valence-corrected chi connectivity index (χ4v) is 5.44. The lowest BCUT2D eigenvalue weighted by atomic mass is 10.0. The van der Waals surface area contributed by atoms with E-state index in [4.69, 9.17) is 10.5 Å². The van der Waals surface area contributed by atoms with Crippen molar-refractivity contribution in [2.24, 2.45) is 0 Å². The summed E-state index contributed by atoms with van der Waals surface area (Å²) >= 11 is 3.19. The van der Waals surface area contributed by atoms with Crippen LogP contribution in [-0.4, -0.2) is 32.3 Å². The Morgan fingerprint density at radius 2 is 2.10 bits per heavy atom. The first-order valence-electron chi connectivity index (χ1n) is 9.52. The summed E-state index contributed by atoms with van der Waals surface area (Å²) in [7, 11) is 0. The van der Waals surface area contributed by atoms with Gasteiger partial charge in [-0.1, -0.05) is 0 Å². The number of carbonyl (C=O) groups excluding carboxylic acids is 1. The van der Waals surface area contributed by atoms with Crippen molar-refractivity contribution in [3.63, 3.8) is 0 Å². The van der Waals surface area contributed by atoms with Gasteiger partial charge in [-0.15, -0.1) is 22.7 Å². The molecule has 0 saturated heterocycles. The molecule has 0 unspecified atom stereocenters. The van der Waals surface area contributed by atoms with Crippen LogP contribution >= 0.6 is 22.7 Å². The van der Waals surface area contributed by atoms with Crippen LogP contribution in [0.15, 0.2) is 36.0 Å². The van der Waals surface area contributed by atoms with Gasteiger partial charge in [-0.05, 0) is 43.2 Å². The average molecular weight is 438 g/mol. The zero-order valence-corrected chi connectivity index (χ0v) is 17.9. The molecule has 1 amide bonds. The first-order chi connectivity index (χ1) is 14.6. The Morgan fingerprint density at radius 1 is 1.27 bits per heavy atom. The van der Waals surface area contributed by atoms with Crippen LogP contribution in [0.4, 0.5) is 5.82 Å². The Balaban J connectivity index is 1.28. The van der Waals surface area contributed by atoms with Crippen LogP contribution in [0.2, 0.25) is 0 Å². The number of nitrogen functional groups attached to an aromatic ring is 1. The number of aryl methyl sites for hydroxylation is 1. The third-order valence-electron chi connectivity index (χ3n) is 5.11. The molecule has 3 aromatic heterocycles. The fourth-order valence-electron chi connectivity index (χ4n) is 3.63. The monoisotopic (exact) mass is 437 g/mol. The predicted molar refractivity (Wildman–Crippen MR) is 118 cm³/mol. The zero-order chi connectivity index (χ0) is 20.7. The normalized spacial score (nSPS) is 13.4. The van der Waals surface area contributed by atoms with Gasteiger partial charge in [-0.3, -0.25) is 4.79 Å². The highest BCUT2D eigenvalue weighted by molar-refractivity contribution is 7.19. The van der Waals surface area contributed by atoms with Gasteiger partial charge in [0, 0.05) is 22.4 Å². The van der Waals surface area contributed by atoms with E-state index in [0.717, 1.165) is 38.0 Å². The number of benzene rings is 1. The SMILES string of the molecule is Cc1nc(COc2ccc(C(=O)N3CCc4c(sc5ncnc(N)c45)C3)cc2)cs1. The summed E-state index contributed by atoms with van der Waals surface area (Å²) in [5, 5.41) is 3.96. The molecule has 0 fully saturated rings. The number of rotatable bonds is 4. The third-order valence-corrected chi connectivity index (χ3v) is 7.06. The van der Waals surface area contributed by atoms with Crippen molar-refractivity contribution in [2.45, 2.75) is 26.5 Å². The Labute approximate surface area is 181 Å². The van der Waals surface area contributed by atoms with Crippen molar-refractivity contribution in [2.75, 3.05) is 12.3 Å². The van der Waals surface area contributed by atoms with Gasteiger partial charge in [-0.2, -0.15) is 0 Å². The molecule has 0 aliphatic carbocycles. The quantitative estimate of drug-likeness (QED) is 0.522. The first kappa shape index (κ1) is 19.0. The van der Waals surface area contributed by atoms with E-state index in [1.165, 1.54) is 11.9 Å². The van der Waals surface area contributed by atoms with Crippen LogP contribution in [0.5, 0.6) is 5.75 Å². The van der Waals surface area contributed by atoms with Crippen LogP contribution < -0.4 is 10.5 Å². The lowest BCUT2D eigenvalue weighted by Gasteiger charge is -2.27. The summed E-state index contributed by atoms with van der Waals surface area (Å²) < 4.78 is 5.77. The third kappa shape index (κ3) is 3.50.